The van der Waals surface area contributed by atoms with E-state index in [9.17, 15) is 18.0 Å². The largest absolute Gasteiger partial charge is 0.347 e. The van der Waals surface area contributed by atoms with E-state index >= 15 is 0 Å². The summed E-state index contributed by atoms with van der Waals surface area (Å²) in [6.07, 6.45) is 0.401. The van der Waals surface area contributed by atoms with E-state index in [0.717, 1.165) is 0 Å². The SMILES string of the molecule is CC(C)(C)NC(=O)c1cccc(C(=O)NC2CCS(=O)(=O)C2)n1. The third-order valence-electron chi connectivity index (χ3n) is 3.27. The highest BCUT2D eigenvalue weighted by atomic mass is 32.2. The smallest absolute Gasteiger partial charge is 0.270 e. The van der Waals surface area contributed by atoms with Gasteiger partial charge in [0.2, 0.25) is 0 Å². The molecule has 1 unspecified atom stereocenters. The van der Waals surface area contributed by atoms with E-state index in [-0.39, 0.29) is 28.8 Å². The molecule has 0 spiro atoms. The lowest BCUT2D eigenvalue weighted by molar-refractivity contribution is 0.0913. The number of hydrogen-bond acceptors (Lipinski definition) is 5. The molecule has 0 aliphatic carbocycles. The topological polar surface area (TPSA) is 105 Å². The molecule has 2 heterocycles. The third-order valence-corrected chi connectivity index (χ3v) is 5.04. The molecule has 1 atom stereocenters. The predicted molar refractivity (Wildman–Crippen MR) is 86.0 cm³/mol. The molecule has 1 fully saturated rings. The molecular weight excluding hydrogens is 318 g/mol. The van der Waals surface area contributed by atoms with Gasteiger partial charge in [-0.1, -0.05) is 6.07 Å². The van der Waals surface area contributed by atoms with Crippen molar-refractivity contribution in [3.8, 4) is 0 Å². The van der Waals surface area contributed by atoms with Crippen LogP contribution in [0.5, 0.6) is 0 Å². The van der Waals surface area contributed by atoms with Crippen molar-refractivity contribution in [1.82, 2.24) is 15.6 Å². The van der Waals surface area contributed by atoms with Crippen LogP contribution in [0.4, 0.5) is 0 Å². The summed E-state index contributed by atoms with van der Waals surface area (Å²) >= 11 is 0. The van der Waals surface area contributed by atoms with Gasteiger partial charge in [0.15, 0.2) is 9.84 Å². The summed E-state index contributed by atoms with van der Waals surface area (Å²) in [7, 11) is -3.06. The number of amides is 2. The zero-order valence-corrected chi connectivity index (χ0v) is 14.2. The molecule has 2 N–H and O–H groups in total. The van der Waals surface area contributed by atoms with Crippen molar-refractivity contribution in [3.05, 3.63) is 29.6 Å². The van der Waals surface area contributed by atoms with E-state index in [2.05, 4.69) is 15.6 Å². The average Bonchev–Trinajstić information content (AvgIpc) is 2.76. The highest BCUT2D eigenvalue weighted by Crippen LogP contribution is 2.12. The van der Waals surface area contributed by atoms with Crippen molar-refractivity contribution in [2.24, 2.45) is 0 Å². The Hall–Kier alpha value is -1.96. The first-order valence-electron chi connectivity index (χ1n) is 7.37. The highest BCUT2D eigenvalue weighted by Gasteiger charge is 2.29. The summed E-state index contributed by atoms with van der Waals surface area (Å²) in [6, 6.07) is 4.19. The molecule has 23 heavy (non-hydrogen) atoms. The van der Waals surface area contributed by atoms with Crippen LogP contribution < -0.4 is 10.6 Å². The van der Waals surface area contributed by atoms with Gasteiger partial charge in [0.25, 0.3) is 11.8 Å². The molecule has 1 aliphatic heterocycles. The Morgan fingerprint density at radius 3 is 2.30 bits per heavy atom. The number of sulfone groups is 1. The fraction of sp³-hybridized carbons (Fsp3) is 0.533. The molecule has 126 valence electrons. The molecule has 8 heteroatoms. The number of rotatable bonds is 3. The van der Waals surface area contributed by atoms with Crippen LogP contribution in [0.3, 0.4) is 0 Å². The van der Waals surface area contributed by atoms with Crippen LogP contribution in [-0.4, -0.2) is 48.3 Å². The first-order chi connectivity index (χ1) is 10.6. The number of pyridine rings is 1. The number of nitrogens with one attached hydrogen (secondary N) is 2. The van der Waals surface area contributed by atoms with Gasteiger partial charge in [0.05, 0.1) is 11.5 Å². The number of carbonyl (C=O) groups is 2. The zero-order chi connectivity index (χ0) is 17.3. The van der Waals surface area contributed by atoms with E-state index in [1.54, 1.807) is 6.07 Å². The first kappa shape index (κ1) is 17.4. The summed E-state index contributed by atoms with van der Waals surface area (Å²) in [6.45, 7) is 5.55. The van der Waals surface area contributed by atoms with Crippen LogP contribution in [0.15, 0.2) is 18.2 Å². The fourth-order valence-electron chi connectivity index (χ4n) is 2.26. The Balaban J connectivity index is 2.07. The molecule has 2 rings (SSSR count). The minimum absolute atomic E-state index is 0.0526. The molecule has 1 saturated heterocycles. The van der Waals surface area contributed by atoms with Gasteiger partial charge in [0, 0.05) is 11.6 Å². The number of nitrogens with zero attached hydrogens (tertiary/aromatic N) is 1. The van der Waals surface area contributed by atoms with Gasteiger partial charge in [-0.15, -0.1) is 0 Å². The van der Waals surface area contributed by atoms with Crippen LogP contribution in [0.1, 0.15) is 48.2 Å². The summed E-state index contributed by atoms with van der Waals surface area (Å²) in [4.78, 5) is 28.3. The monoisotopic (exact) mass is 339 g/mol. The van der Waals surface area contributed by atoms with Gasteiger partial charge in [-0.3, -0.25) is 9.59 Å². The second kappa shape index (κ2) is 6.27. The molecule has 7 nitrogen and oxygen atoms in total. The molecule has 1 aromatic heterocycles. The molecule has 0 radical (unpaired) electrons. The molecular formula is C15H21N3O4S. The van der Waals surface area contributed by atoms with Gasteiger partial charge in [-0.25, -0.2) is 13.4 Å². The van der Waals surface area contributed by atoms with Crippen LogP contribution >= 0.6 is 0 Å². The number of aromatic nitrogens is 1. The van der Waals surface area contributed by atoms with Crippen molar-refractivity contribution >= 4 is 21.7 Å². The maximum atomic E-state index is 12.2. The van der Waals surface area contributed by atoms with Crippen LogP contribution in [0.25, 0.3) is 0 Å². The summed E-state index contributed by atoms with van der Waals surface area (Å²) in [5, 5.41) is 5.43. The van der Waals surface area contributed by atoms with Crippen LogP contribution in [0.2, 0.25) is 0 Å². The predicted octanol–water partition coefficient (Wildman–Crippen LogP) is 0.527. The lowest BCUT2D eigenvalue weighted by Gasteiger charge is -2.20. The Morgan fingerprint density at radius 2 is 1.78 bits per heavy atom. The molecule has 1 aromatic rings. The van der Waals surface area contributed by atoms with Crippen molar-refractivity contribution in [1.29, 1.82) is 0 Å². The lowest BCUT2D eigenvalue weighted by atomic mass is 10.1. The number of carbonyl (C=O) groups excluding carboxylic acids is 2. The average molecular weight is 339 g/mol. The van der Waals surface area contributed by atoms with E-state index in [4.69, 9.17) is 0 Å². The first-order valence-corrected chi connectivity index (χ1v) is 9.19. The van der Waals surface area contributed by atoms with Gasteiger partial charge in [0.1, 0.15) is 11.4 Å². The maximum Gasteiger partial charge on any atom is 0.270 e. The summed E-state index contributed by atoms with van der Waals surface area (Å²) in [5.41, 5.74) is -0.169. The van der Waals surface area contributed by atoms with Crippen molar-refractivity contribution < 1.29 is 18.0 Å². The van der Waals surface area contributed by atoms with Gasteiger partial charge >= 0.3 is 0 Å². The second-order valence-electron chi connectivity index (χ2n) is 6.69. The van der Waals surface area contributed by atoms with Crippen molar-refractivity contribution in [2.45, 2.75) is 38.8 Å². The molecule has 0 bridgehead atoms. The van der Waals surface area contributed by atoms with E-state index in [1.165, 1.54) is 12.1 Å². The molecule has 0 aromatic carbocycles. The molecule has 0 saturated carbocycles. The minimum Gasteiger partial charge on any atom is -0.347 e. The van der Waals surface area contributed by atoms with Gasteiger partial charge in [-0.2, -0.15) is 0 Å². The standard InChI is InChI=1S/C15H21N3O4S/c1-15(2,3)18-14(20)12-6-4-5-11(17-12)13(19)16-10-7-8-23(21,22)9-10/h4-6,10H,7-9H2,1-3H3,(H,16,19)(H,18,20). The van der Waals surface area contributed by atoms with Crippen molar-refractivity contribution in [3.63, 3.8) is 0 Å². The zero-order valence-electron chi connectivity index (χ0n) is 13.4. The van der Waals surface area contributed by atoms with Crippen LogP contribution in [0, 0.1) is 0 Å². The van der Waals surface area contributed by atoms with E-state index in [0.29, 0.717) is 6.42 Å². The van der Waals surface area contributed by atoms with Gasteiger partial charge < -0.3 is 10.6 Å². The van der Waals surface area contributed by atoms with Crippen LogP contribution in [-0.2, 0) is 9.84 Å². The maximum absolute atomic E-state index is 12.2. The Bertz CT molecular complexity index is 722. The van der Waals surface area contributed by atoms with Gasteiger partial charge in [-0.05, 0) is 39.3 Å². The lowest BCUT2D eigenvalue weighted by Crippen LogP contribution is -2.41. The normalized spacial score (nSPS) is 20.0. The van der Waals surface area contributed by atoms with Crippen molar-refractivity contribution in [2.75, 3.05) is 11.5 Å². The second-order valence-corrected chi connectivity index (χ2v) is 8.91. The minimum atomic E-state index is -3.06. The Labute approximate surface area is 135 Å². The fourth-order valence-corrected chi connectivity index (χ4v) is 3.93. The highest BCUT2D eigenvalue weighted by molar-refractivity contribution is 7.91. The molecule has 2 amide bonds. The summed E-state index contributed by atoms with van der Waals surface area (Å²) in [5.74, 6) is -0.810. The summed E-state index contributed by atoms with van der Waals surface area (Å²) < 4.78 is 22.8. The quantitative estimate of drug-likeness (QED) is 0.835. The van der Waals surface area contributed by atoms with E-state index < -0.39 is 27.3 Å². The Morgan fingerprint density at radius 1 is 1.17 bits per heavy atom. The van der Waals surface area contributed by atoms with E-state index in [1.807, 2.05) is 20.8 Å². The Kier molecular flexibility index (Phi) is 4.74. The molecule has 1 aliphatic rings. The third kappa shape index (κ3) is 5.02. The number of hydrogen-bond donors (Lipinski definition) is 2.